The van der Waals surface area contributed by atoms with Gasteiger partial charge < -0.3 is 40.8 Å². The largest absolute Gasteiger partial charge is 0.490 e. The molecule has 0 saturated heterocycles. The van der Waals surface area contributed by atoms with Crippen molar-refractivity contribution in [1.82, 2.24) is 15.3 Å². The van der Waals surface area contributed by atoms with E-state index in [1.165, 1.54) is 6.20 Å². The number of rotatable bonds is 12. The van der Waals surface area contributed by atoms with Gasteiger partial charge >= 0.3 is 5.97 Å². The molecule has 212 valence electrons. The fourth-order valence-corrected chi connectivity index (χ4v) is 3.78. The average molecular weight is 553 g/mol. The third kappa shape index (κ3) is 9.38. The van der Waals surface area contributed by atoms with Crippen LogP contribution in [-0.4, -0.2) is 68.6 Å². The van der Waals surface area contributed by atoms with E-state index in [1.54, 1.807) is 12.1 Å². The third-order valence-electron chi connectivity index (χ3n) is 5.75. The number of pyridine rings is 1. The van der Waals surface area contributed by atoms with Gasteiger partial charge in [0.15, 0.2) is 0 Å². The number of carboxylic acids is 1. The van der Waals surface area contributed by atoms with Gasteiger partial charge in [0.2, 0.25) is 11.8 Å². The molecule has 0 aliphatic rings. The van der Waals surface area contributed by atoms with E-state index < -0.39 is 24.6 Å². The molecule has 11 heteroatoms. The zero-order valence-corrected chi connectivity index (χ0v) is 22.3. The van der Waals surface area contributed by atoms with Crippen molar-refractivity contribution >= 4 is 22.8 Å². The summed E-state index contributed by atoms with van der Waals surface area (Å²) >= 11 is 0. The summed E-state index contributed by atoms with van der Waals surface area (Å²) in [7, 11) is 0. The summed E-state index contributed by atoms with van der Waals surface area (Å²) in [5, 5.41) is 29.9. The highest BCUT2D eigenvalue weighted by Gasteiger charge is 2.20. The molecular formula is C29H34N4O7. The molecule has 40 heavy (non-hydrogen) atoms. The van der Waals surface area contributed by atoms with Crippen molar-refractivity contribution in [1.29, 1.82) is 0 Å². The second-order valence-corrected chi connectivity index (χ2v) is 9.65. The number of aliphatic carboxylic acids is 1. The van der Waals surface area contributed by atoms with Gasteiger partial charge in [0, 0.05) is 41.4 Å². The van der Waals surface area contributed by atoms with Crippen molar-refractivity contribution in [2.24, 2.45) is 5.73 Å². The number of nitrogens with two attached hydrogens (primary N) is 1. The molecule has 1 atom stereocenters. The van der Waals surface area contributed by atoms with Crippen LogP contribution >= 0.6 is 0 Å². The Bertz CT molecular complexity index is 1390. The fourth-order valence-electron chi connectivity index (χ4n) is 3.78. The number of β-amino-alcohol motifs (C(OH)–C–C–N with tert-alkyl or cyclic N) is 1. The van der Waals surface area contributed by atoms with Crippen molar-refractivity contribution in [3.05, 3.63) is 84.2 Å². The first-order valence-corrected chi connectivity index (χ1v) is 12.5. The number of aromatic amines is 1. The summed E-state index contributed by atoms with van der Waals surface area (Å²) in [6.07, 6.45) is 3.37. The van der Waals surface area contributed by atoms with E-state index in [9.17, 15) is 9.90 Å². The number of fused-ring (bicyclic) bond motifs is 1. The number of aliphatic hydroxyl groups excluding tert-OH is 2. The van der Waals surface area contributed by atoms with Crippen molar-refractivity contribution in [3.63, 3.8) is 0 Å². The molecule has 0 bridgehead atoms. The molecule has 2 aromatic carbocycles. The van der Waals surface area contributed by atoms with E-state index in [1.807, 2.05) is 54.7 Å². The van der Waals surface area contributed by atoms with E-state index in [0.717, 1.165) is 28.6 Å². The van der Waals surface area contributed by atoms with Gasteiger partial charge in [-0.15, -0.1) is 0 Å². The number of ether oxygens (including phenoxy) is 2. The molecule has 0 aliphatic carbocycles. The lowest BCUT2D eigenvalue weighted by atomic mass is 9.94. The van der Waals surface area contributed by atoms with E-state index in [4.69, 9.17) is 30.2 Å². The van der Waals surface area contributed by atoms with E-state index in [-0.39, 0.29) is 12.1 Å². The van der Waals surface area contributed by atoms with Gasteiger partial charge in [-0.1, -0.05) is 18.2 Å². The first-order chi connectivity index (χ1) is 19.1. The van der Waals surface area contributed by atoms with Crippen LogP contribution in [0.15, 0.2) is 73.1 Å². The number of carboxylic acid groups (broad SMARTS) is 1. The van der Waals surface area contributed by atoms with Crippen LogP contribution in [0.4, 0.5) is 0 Å². The normalized spacial score (nSPS) is 11.8. The van der Waals surface area contributed by atoms with Crippen LogP contribution in [0.25, 0.3) is 10.9 Å². The van der Waals surface area contributed by atoms with E-state index >= 15 is 0 Å². The predicted molar refractivity (Wildman–Crippen MR) is 150 cm³/mol. The Hall–Kier alpha value is -4.45. The van der Waals surface area contributed by atoms with Crippen molar-refractivity contribution in [2.45, 2.75) is 31.9 Å². The Kier molecular flexibility index (Phi) is 10.6. The molecule has 1 amide bonds. The highest BCUT2D eigenvalue weighted by atomic mass is 16.5. The first-order valence-electron chi connectivity index (χ1n) is 12.5. The minimum Gasteiger partial charge on any atom is -0.490 e. The number of hydrogen-bond donors (Lipinski definition) is 6. The first kappa shape index (κ1) is 30.1. The number of aliphatic hydroxyl groups is 2. The molecule has 4 rings (SSSR count). The number of nitrogens with zero attached hydrogens (tertiary/aromatic N) is 1. The smallest absolute Gasteiger partial charge is 0.329 e. The molecule has 4 aromatic rings. The maximum atomic E-state index is 11.1. The van der Waals surface area contributed by atoms with Crippen molar-refractivity contribution < 1.29 is 34.4 Å². The Balaban J connectivity index is 0.000000810. The molecule has 2 aromatic heterocycles. The minimum absolute atomic E-state index is 0.202. The summed E-state index contributed by atoms with van der Waals surface area (Å²) in [5.41, 5.74) is 7.45. The molecule has 0 unspecified atom stereocenters. The second-order valence-electron chi connectivity index (χ2n) is 9.65. The SMILES string of the molecule is CC(C)(Cc1ccc(Oc2ccc([14C](N)=O)cn2)cc1)NC[C@H](O)COc1cccc2[nH]ccc12.O=C(O)CO. The van der Waals surface area contributed by atoms with Crippen LogP contribution in [0.2, 0.25) is 0 Å². The lowest BCUT2D eigenvalue weighted by Gasteiger charge is -2.28. The monoisotopic (exact) mass is 552 g/mol. The molecule has 7 N–H and O–H groups in total. The molecule has 0 aliphatic heterocycles. The number of hydrogen-bond acceptors (Lipinski definition) is 8. The Morgan fingerprint density at radius 2 is 1.88 bits per heavy atom. The van der Waals surface area contributed by atoms with Crippen LogP contribution < -0.4 is 20.5 Å². The predicted octanol–water partition coefficient (Wildman–Crippen LogP) is 2.87. The van der Waals surface area contributed by atoms with Gasteiger partial charge in [0.05, 0.1) is 5.56 Å². The number of aromatic nitrogens is 2. The molecule has 11 nitrogen and oxygen atoms in total. The lowest BCUT2D eigenvalue weighted by Crippen LogP contribution is -2.46. The van der Waals surface area contributed by atoms with Gasteiger partial charge in [-0.25, -0.2) is 9.78 Å². The maximum absolute atomic E-state index is 11.1. The van der Waals surface area contributed by atoms with Crippen LogP contribution in [0, 0.1) is 0 Å². The van der Waals surface area contributed by atoms with Crippen LogP contribution in [-0.2, 0) is 11.2 Å². The van der Waals surface area contributed by atoms with Gasteiger partial charge in [-0.2, -0.15) is 0 Å². The summed E-state index contributed by atoms with van der Waals surface area (Å²) in [5.74, 6) is 0.0601. The summed E-state index contributed by atoms with van der Waals surface area (Å²) in [4.78, 5) is 27.5. The van der Waals surface area contributed by atoms with Gasteiger partial charge in [-0.05, 0) is 62.2 Å². The molecule has 0 spiro atoms. The lowest BCUT2D eigenvalue weighted by molar-refractivity contribution is -0.140. The summed E-state index contributed by atoms with van der Waals surface area (Å²) < 4.78 is 11.6. The zero-order chi connectivity index (χ0) is 29.1. The molecule has 0 fully saturated rings. The molecule has 0 radical (unpaired) electrons. The summed E-state index contributed by atoms with van der Waals surface area (Å²) in [6, 6.07) is 18.7. The van der Waals surface area contributed by atoms with Crippen LogP contribution in [0.3, 0.4) is 0 Å². The van der Waals surface area contributed by atoms with E-state index in [0.29, 0.717) is 23.7 Å². The topological polar surface area (TPSA) is 180 Å². The highest BCUT2D eigenvalue weighted by molar-refractivity contribution is 5.92. The third-order valence-corrected chi connectivity index (χ3v) is 5.75. The number of benzene rings is 2. The summed E-state index contributed by atoms with van der Waals surface area (Å²) in [6.45, 7) is 4.02. The Morgan fingerprint density at radius 1 is 1.15 bits per heavy atom. The minimum atomic E-state index is -1.19. The number of amides is 1. The standard InChI is InChI=1S/C27H30N4O4.C2H4O3/c1-27(2,31-16-20(32)17-34-24-5-3-4-23-22(24)12-13-29-23)14-18-6-9-21(10-7-18)35-25-11-8-19(15-30-25)26(28)33;3-1-2(4)5/h3-13,15,20,29,31-32H,14,16-17H2,1-2H3,(H2,28,33);3H,1H2,(H,4,5)/t20-;/m0./s1/i26+2;. The number of carbonyl (C=O) groups excluding carboxylic acids is 1. The number of primary amides is 1. The van der Waals surface area contributed by atoms with Crippen LogP contribution in [0.5, 0.6) is 17.4 Å². The van der Waals surface area contributed by atoms with Crippen LogP contribution in [0.1, 0.15) is 29.8 Å². The van der Waals surface area contributed by atoms with Gasteiger partial charge in [0.25, 0.3) is 0 Å². The Morgan fingerprint density at radius 3 is 2.50 bits per heavy atom. The highest BCUT2D eigenvalue weighted by Crippen LogP contribution is 2.25. The molecule has 0 saturated carbocycles. The average Bonchev–Trinajstić information content (AvgIpc) is 3.42. The van der Waals surface area contributed by atoms with Gasteiger partial charge in [0.1, 0.15) is 30.8 Å². The van der Waals surface area contributed by atoms with Crippen molar-refractivity contribution in [2.75, 3.05) is 19.8 Å². The fraction of sp³-hybridized carbons (Fsp3) is 0.276. The second kappa shape index (κ2) is 14.1. The number of carbonyl (C=O) groups is 2. The quantitative estimate of drug-likeness (QED) is 0.154. The number of H-pyrrole nitrogens is 1. The molecule has 2 heterocycles. The zero-order valence-electron chi connectivity index (χ0n) is 22.3. The number of nitrogens with one attached hydrogen (secondary N) is 2. The Labute approximate surface area is 231 Å². The van der Waals surface area contributed by atoms with Gasteiger partial charge in [-0.3, -0.25) is 4.79 Å². The molecular weight excluding hydrogens is 518 g/mol. The van der Waals surface area contributed by atoms with E-state index in [2.05, 4.69) is 29.1 Å². The van der Waals surface area contributed by atoms with Crippen molar-refractivity contribution in [3.8, 4) is 17.4 Å². The maximum Gasteiger partial charge on any atom is 0.329 e.